The van der Waals surface area contributed by atoms with Gasteiger partial charge in [0, 0.05) is 11.9 Å². The van der Waals surface area contributed by atoms with Crippen LogP contribution in [0.1, 0.15) is 34.7 Å². The molecule has 0 amide bonds. The maximum atomic E-state index is 6.12. The quantitative estimate of drug-likeness (QED) is 0.182. The number of hydrogen-bond donors (Lipinski definition) is 2. The van der Waals surface area contributed by atoms with Crippen molar-refractivity contribution in [3.8, 4) is 11.1 Å². The largest absolute Gasteiger partial charge is 0.403 e. The van der Waals surface area contributed by atoms with Crippen molar-refractivity contribution in [1.29, 1.82) is 0 Å². The summed E-state index contributed by atoms with van der Waals surface area (Å²) >= 11 is 0. The zero-order valence-corrected chi connectivity index (χ0v) is 22.5. The molecular formula is C36H34N2. The average Bonchev–Trinajstić information content (AvgIpc) is 2.91. The predicted molar refractivity (Wildman–Crippen MR) is 167 cm³/mol. The Hall–Kier alpha value is -4.56. The number of fused-ring (bicyclic) bond motifs is 2. The number of hydrogen-bond acceptors (Lipinski definition) is 2. The number of benzene rings is 5. The predicted octanol–water partition coefficient (Wildman–Crippen LogP) is 9.54. The Morgan fingerprint density at radius 2 is 1.42 bits per heavy atom. The fourth-order valence-corrected chi connectivity index (χ4v) is 5.31. The highest BCUT2D eigenvalue weighted by molar-refractivity contribution is 6.18. The number of aryl methyl sites for hydroxylation is 3. The van der Waals surface area contributed by atoms with Gasteiger partial charge in [-0.05, 0) is 95.8 Å². The van der Waals surface area contributed by atoms with Crippen LogP contribution < -0.4 is 11.1 Å². The van der Waals surface area contributed by atoms with E-state index < -0.39 is 0 Å². The minimum absolute atomic E-state index is 0.891. The molecule has 2 nitrogen and oxygen atoms in total. The minimum atomic E-state index is 0.891. The normalized spacial score (nSPS) is 12.3. The molecule has 5 aromatic rings. The second-order valence-electron chi connectivity index (χ2n) is 9.93. The molecule has 0 aliphatic heterocycles. The lowest BCUT2D eigenvalue weighted by molar-refractivity contribution is 1.35. The van der Waals surface area contributed by atoms with E-state index in [4.69, 9.17) is 5.73 Å². The third-order valence-corrected chi connectivity index (χ3v) is 6.92. The Morgan fingerprint density at radius 1 is 0.684 bits per heavy atom. The molecule has 2 heteroatoms. The molecule has 5 rings (SSSR count). The first kappa shape index (κ1) is 25.1. The molecule has 188 valence electrons. The van der Waals surface area contributed by atoms with Gasteiger partial charge in [0.15, 0.2) is 0 Å². The molecule has 38 heavy (non-hydrogen) atoms. The van der Waals surface area contributed by atoms with Crippen molar-refractivity contribution in [3.63, 3.8) is 0 Å². The monoisotopic (exact) mass is 494 g/mol. The molecule has 0 aliphatic rings. The molecule has 0 saturated heterocycles. The molecule has 3 N–H and O–H groups in total. The second kappa shape index (κ2) is 10.8. The van der Waals surface area contributed by atoms with E-state index in [0.29, 0.717) is 0 Å². The van der Waals surface area contributed by atoms with Gasteiger partial charge < -0.3 is 11.1 Å². The lowest BCUT2D eigenvalue weighted by atomic mass is 9.87. The zero-order valence-electron chi connectivity index (χ0n) is 22.5. The van der Waals surface area contributed by atoms with Gasteiger partial charge in [0.25, 0.3) is 0 Å². The summed E-state index contributed by atoms with van der Waals surface area (Å²) in [7, 11) is 0. The summed E-state index contributed by atoms with van der Waals surface area (Å²) in [6.07, 6.45) is 10.1. The van der Waals surface area contributed by atoms with Crippen LogP contribution in [0.25, 0.3) is 44.4 Å². The van der Waals surface area contributed by atoms with Crippen molar-refractivity contribution < 1.29 is 0 Å². The summed E-state index contributed by atoms with van der Waals surface area (Å²) in [6.45, 7) is 8.43. The first-order valence-corrected chi connectivity index (χ1v) is 13.1. The highest BCUT2D eigenvalue weighted by atomic mass is 14.9. The molecule has 0 heterocycles. The summed E-state index contributed by atoms with van der Waals surface area (Å²) in [4.78, 5) is 0. The first-order chi connectivity index (χ1) is 18.5. The van der Waals surface area contributed by atoms with Crippen LogP contribution >= 0.6 is 0 Å². The van der Waals surface area contributed by atoms with Crippen molar-refractivity contribution in [2.75, 3.05) is 5.32 Å². The van der Waals surface area contributed by atoms with Crippen LogP contribution in [0, 0.1) is 20.8 Å². The molecule has 0 spiro atoms. The fraction of sp³-hybridized carbons (Fsp3) is 0.111. The van der Waals surface area contributed by atoms with Gasteiger partial charge in [0.1, 0.15) is 0 Å². The topological polar surface area (TPSA) is 38.0 Å². The van der Waals surface area contributed by atoms with E-state index in [0.717, 1.165) is 16.9 Å². The lowest BCUT2D eigenvalue weighted by Crippen LogP contribution is -2.03. The van der Waals surface area contributed by atoms with E-state index in [-0.39, 0.29) is 0 Å². The standard InChI is InChI=1S/C36H34N2/c1-5-6-8-13-30-31-16-14-24(2)21-34(31)36(27-11-9-7-10-12-27)32-17-15-29(22-33(30)32)38-35(23-37)28-19-25(3)18-26(4)20-28/h5-23,38H,37H2,1-4H3/b6-5-,13-8-,35-23-. The van der Waals surface area contributed by atoms with Crippen molar-refractivity contribution in [2.24, 2.45) is 5.73 Å². The lowest BCUT2D eigenvalue weighted by Gasteiger charge is -2.18. The number of allylic oxidation sites excluding steroid dienone is 3. The van der Waals surface area contributed by atoms with E-state index in [2.05, 4.69) is 135 Å². The SMILES string of the molecule is C/C=C\C=C/c1c2cc(N/C(=C\N)c3cc(C)cc(C)c3)ccc2c(-c2ccccc2)c2cc(C)ccc12. The molecule has 0 unspecified atom stereocenters. The second-order valence-corrected chi connectivity index (χ2v) is 9.93. The van der Waals surface area contributed by atoms with Gasteiger partial charge >= 0.3 is 0 Å². The molecule has 0 radical (unpaired) electrons. The molecule has 0 aromatic heterocycles. The molecule has 0 bridgehead atoms. The van der Waals surface area contributed by atoms with E-state index in [1.165, 1.54) is 54.9 Å². The van der Waals surface area contributed by atoms with Gasteiger partial charge in [-0.3, -0.25) is 0 Å². The number of rotatable bonds is 6. The Kier molecular flexibility index (Phi) is 7.15. The maximum absolute atomic E-state index is 6.12. The van der Waals surface area contributed by atoms with Crippen molar-refractivity contribution in [2.45, 2.75) is 27.7 Å². The van der Waals surface area contributed by atoms with E-state index in [1.54, 1.807) is 6.20 Å². The third kappa shape index (κ3) is 4.99. The molecule has 0 saturated carbocycles. The van der Waals surface area contributed by atoms with Gasteiger partial charge in [-0.25, -0.2) is 0 Å². The Morgan fingerprint density at radius 3 is 2.13 bits per heavy atom. The molecular weight excluding hydrogens is 460 g/mol. The zero-order chi connectivity index (χ0) is 26.6. The van der Waals surface area contributed by atoms with Crippen LogP contribution in [0.15, 0.2) is 109 Å². The van der Waals surface area contributed by atoms with Gasteiger partial charge in [-0.15, -0.1) is 0 Å². The summed E-state index contributed by atoms with van der Waals surface area (Å²) in [5.41, 5.74) is 16.5. The van der Waals surface area contributed by atoms with Crippen LogP contribution in [-0.4, -0.2) is 0 Å². The van der Waals surface area contributed by atoms with Crippen LogP contribution in [0.4, 0.5) is 5.69 Å². The number of anilines is 1. The maximum Gasteiger partial charge on any atom is 0.0615 e. The number of nitrogens with two attached hydrogens (primary N) is 1. The molecule has 0 aliphatic carbocycles. The van der Waals surface area contributed by atoms with Gasteiger partial charge in [-0.1, -0.05) is 102 Å². The molecule has 0 fully saturated rings. The van der Waals surface area contributed by atoms with Gasteiger partial charge in [0.05, 0.1) is 5.70 Å². The molecule has 5 aromatic carbocycles. The highest BCUT2D eigenvalue weighted by Gasteiger charge is 2.15. The van der Waals surface area contributed by atoms with E-state index >= 15 is 0 Å². The highest BCUT2D eigenvalue weighted by Crippen LogP contribution is 2.41. The summed E-state index contributed by atoms with van der Waals surface area (Å²) in [6, 6.07) is 30.6. The Balaban J connectivity index is 1.77. The van der Waals surface area contributed by atoms with Crippen LogP contribution in [0.3, 0.4) is 0 Å². The summed E-state index contributed by atoms with van der Waals surface area (Å²) in [5, 5.41) is 8.53. The average molecular weight is 495 g/mol. The minimum Gasteiger partial charge on any atom is -0.403 e. The van der Waals surface area contributed by atoms with Crippen LogP contribution in [0.2, 0.25) is 0 Å². The van der Waals surface area contributed by atoms with Crippen LogP contribution in [0.5, 0.6) is 0 Å². The summed E-state index contributed by atoms with van der Waals surface area (Å²) < 4.78 is 0. The van der Waals surface area contributed by atoms with E-state index in [1.807, 2.05) is 6.92 Å². The van der Waals surface area contributed by atoms with Crippen LogP contribution in [-0.2, 0) is 0 Å². The van der Waals surface area contributed by atoms with Gasteiger partial charge in [0.2, 0.25) is 0 Å². The number of nitrogens with one attached hydrogen (secondary N) is 1. The van der Waals surface area contributed by atoms with Gasteiger partial charge in [-0.2, -0.15) is 0 Å². The molecule has 0 atom stereocenters. The Labute approximate surface area is 225 Å². The fourth-order valence-electron chi connectivity index (χ4n) is 5.31. The smallest absolute Gasteiger partial charge is 0.0615 e. The van der Waals surface area contributed by atoms with Crippen molar-refractivity contribution in [3.05, 3.63) is 137 Å². The van der Waals surface area contributed by atoms with E-state index in [9.17, 15) is 0 Å². The first-order valence-electron chi connectivity index (χ1n) is 13.1. The summed E-state index contributed by atoms with van der Waals surface area (Å²) in [5.74, 6) is 0. The Bertz CT molecular complexity index is 1700. The van der Waals surface area contributed by atoms with Crippen molar-refractivity contribution in [1.82, 2.24) is 0 Å². The van der Waals surface area contributed by atoms with Crippen molar-refractivity contribution >= 4 is 39.0 Å². The third-order valence-electron chi connectivity index (χ3n) is 6.92.